The number of hydrogen-bond donors (Lipinski definition) is 2. The molecule has 0 fully saturated rings. The highest BCUT2D eigenvalue weighted by Crippen LogP contribution is 2.35. The summed E-state index contributed by atoms with van der Waals surface area (Å²) in [5, 5.41) is 16.2. The Bertz CT molecular complexity index is 983. The lowest BCUT2D eigenvalue weighted by atomic mass is 9.87. The van der Waals surface area contributed by atoms with Gasteiger partial charge in [-0.05, 0) is 30.2 Å². The number of carbonyl (C=O) groups is 2. The van der Waals surface area contributed by atoms with Crippen LogP contribution >= 0.6 is 23.4 Å². The number of nitrogens with one attached hydrogen (secondary N) is 2. The van der Waals surface area contributed by atoms with E-state index in [2.05, 4.69) is 16.7 Å². The summed E-state index contributed by atoms with van der Waals surface area (Å²) in [4.78, 5) is 24.4. The van der Waals surface area contributed by atoms with Crippen molar-refractivity contribution in [3.63, 3.8) is 0 Å². The lowest BCUT2D eigenvalue weighted by Gasteiger charge is -2.25. The van der Waals surface area contributed by atoms with Gasteiger partial charge in [0.15, 0.2) is 0 Å². The SMILES string of the molecule is Cc1ccc(NC(=O)CSC2=C(C#N)[C@@H](c3ccccc3)CC(=O)N2)cc1Cl. The Morgan fingerprint density at radius 1 is 1.32 bits per heavy atom. The maximum Gasteiger partial charge on any atom is 0.234 e. The number of hydrogen-bond acceptors (Lipinski definition) is 4. The molecule has 7 heteroatoms. The number of amides is 2. The standard InChI is InChI=1S/C21H18ClN3O2S/c1-13-7-8-15(9-18(13)22)24-20(27)12-28-21-17(11-23)16(10-19(26)25-21)14-5-3-2-4-6-14/h2-9,16H,10,12H2,1H3,(H,24,27)(H,25,26)/t16-/m1/s1. The Hall–Kier alpha value is -2.75. The van der Waals surface area contributed by atoms with Gasteiger partial charge >= 0.3 is 0 Å². The minimum absolute atomic E-state index is 0.0633. The summed E-state index contributed by atoms with van der Waals surface area (Å²) < 4.78 is 0. The maximum atomic E-state index is 12.3. The monoisotopic (exact) mass is 411 g/mol. The fraction of sp³-hybridized carbons (Fsp3) is 0.190. The molecule has 1 aliphatic heterocycles. The van der Waals surface area contributed by atoms with Crippen LogP contribution in [-0.4, -0.2) is 17.6 Å². The third-order valence-electron chi connectivity index (χ3n) is 4.36. The number of benzene rings is 2. The average Bonchev–Trinajstić information content (AvgIpc) is 2.69. The number of rotatable bonds is 5. The molecule has 5 nitrogen and oxygen atoms in total. The van der Waals surface area contributed by atoms with Crippen molar-refractivity contribution in [3.8, 4) is 6.07 Å². The first-order chi connectivity index (χ1) is 13.5. The summed E-state index contributed by atoms with van der Waals surface area (Å²) in [6.07, 6.45) is 0.213. The molecule has 2 N–H and O–H groups in total. The van der Waals surface area contributed by atoms with Crippen molar-refractivity contribution in [2.24, 2.45) is 0 Å². The lowest BCUT2D eigenvalue weighted by Crippen LogP contribution is -2.31. The highest BCUT2D eigenvalue weighted by atomic mass is 35.5. The van der Waals surface area contributed by atoms with E-state index in [1.54, 1.807) is 12.1 Å². The molecule has 1 atom stereocenters. The van der Waals surface area contributed by atoms with E-state index in [4.69, 9.17) is 11.6 Å². The minimum atomic E-state index is -0.304. The highest BCUT2D eigenvalue weighted by Gasteiger charge is 2.29. The molecule has 0 saturated carbocycles. The summed E-state index contributed by atoms with van der Waals surface area (Å²) in [7, 11) is 0. The topological polar surface area (TPSA) is 82.0 Å². The van der Waals surface area contributed by atoms with Crippen LogP contribution in [0.5, 0.6) is 0 Å². The summed E-state index contributed by atoms with van der Waals surface area (Å²) >= 11 is 7.22. The van der Waals surface area contributed by atoms with Crippen LogP contribution < -0.4 is 10.6 Å². The van der Waals surface area contributed by atoms with Crippen LogP contribution in [0.2, 0.25) is 5.02 Å². The summed E-state index contributed by atoms with van der Waals surface area (Å²) in [5.74, 6) is -0.651. The van der Waals surface area contributed by atoms with Crippen LogP contribution in [0, 0.1) is 18.3 Å². The third kappa shape index (κ3) is 4.75. The molecule has 0 saturated heterocycles. The van der Waals surface area contributed by atoms with Crippen molar-refractivity contribution in [2.75, 3.05) is 11.1 Å². The Morgan fingerprint density at radius 2 is 2.07 bits per heavy atom. The van der Waals surface area contributed by atoms with Crippen LogP contribution in [0.25, 0.3) is 0 Å². The molecule has 2 amide bonds. The normalized spacial score (nSPS) is 16.3. The number of carbonyl (C=O) groups excluding carboxylic acids is 2. The number of nitriles is 1. The quantitative estimate of drug-likeness (QED) is 0.765. The number of nitrogens with zero attached hydrogens (tertiary/aromatic N) is 1. The van der Waals surface area contributed by atoms with E-state index >= 15 is 0 Å². The van der Waals surface area contributed by atoms with Gasteiger partial charge in [-0.2, -0.15) is 5.26 Å². The Kier molecular flexibility index (Phi) is 6.40. The molecule has 2 aromatic carbocycles. The van der Waals surface area contributed by atoms with E-state index in [1.807, 2.05) is 43.3 Å². The summed E-state index contributed by atoms with van der Waals surface area (Å²) in [6.45, 7) is 1.88. The zero-order valence-corrected chi connectivity index (χ0v) is 16.7. The van der Waals surface area contributed by atoms with E-state index in [1.165, 1.54) is 0 Å². The van der Waals surface area contributed by atoms with Crippen LogP contribution in [-0.2, 0) is 9.59 Å². The van der Waals surface area contributed by atoms with Gasteiger partial charge in [-0.25, -0.2) is 0 Å². The first-order valence-corrected chi connectivity index (χ1v) is 10.0. The molecule has 142 valence electrons. The van der Waals surface area contributed by atoms with Crippen molar-refractivity contribution in [1.82, 2.24) is 5.32 Å². The molecule has 28 heavy (non-hydrogen) atoms. The molecule has 1 heterocycles. The maximum absolute atomic E-state index is 12.3. The fourth-order valence-corrected chi connectivity index (χ4v) is 3.97. The van der Waals surface area contributed by atoms with Crippen molar-refractivity contribution < 1.29 is 9.59 Å². The van der Waals surface area contributed by atoms with Gasteiger partial charge in [0.05, 0.1) is 22.4 Å². The second kappa shape index (κ2) is 8.96. The summed E-state index contributed by atoms with van der Waals surface area (Å²) in [6, 6.07) is 16.9. The van der Waals surface area contributed by atoms with Crippen LogP contribution in [0.3, 0.4) is 0 Å². The van der Waals surface area contributed by atoms with Crippen LogP contribution in [0.1, 0.15) is 23.5 Å². The fourth-order valence-electron chi connectivity index (χ4n) is 2.91. The van der Waals surface area contributed by atoms with Crippen molar-refractivity contribution in [2.45, 2.75) is 19.3 Å². The summed E-state index contributed by atoms with van der Waals surface area (Å²) in [5.41, 5.74) is 2.91. The van der Waals surface area contributed by atoms with Gasteiger partial charge in [0.1, 0.15) is 0 Å². The third-order valence-corrected chi connectivity index (χ3v) is 5.79. The number of anilines is 1. The molecule has 0 aromatic heterocycles. The molecule has 0 unspecified atom stereocenters. The molecule has 2 aromatic rings. The Morgan fingerprint density at radius 3 is 2.75 bits per heavy atom. The molecular weight excluding hydrogens is 394 g/mol. The molecule has 0 bridgehead atoms. The Balaban J connectivity index is 1.73. The van der Waals surface area contributed by atoms with E-state index in [0.717, 1.165) is 22.9 Å². The molecule has 0 aliphatic carbocycles. The second-order valence-corrected chi connectivity index (χ2v) is 7.76. The molecule has 3 rings (SSSR count). The van der Waals surface area contributed by atoms with Crippen molar-refractivity contribution in [3.05, 3.63) is 75.3 Å². The van der Waals surface area contributed by atoms with Crippen LogP contribution in [0.15, 0.2) is 59.1 Å². The molecule has 1 aliphatic rings. The molecule has 0 spiro atoms. The second-order valence-electron chi connectivity index (χ2n) is 6.37. The molecular formula is C21H18ClN3O2S. The zero-order chi connectivity index (χ0) is 20.1. The first kappa shape index (κ1) is 20.0. The van der Waals surface area contributed by atoms with Gasteiger partial charge in [-0.3, -0.25) is 9.59 Å². The van der Waals surface area contributed by atoms with Gasteiger partial charge in [0.25, 0.3) is 0 Å². The van der Waals surface area contributed by atoms with Gasteiger partial charge in [0, 0.05) is 23.0 Å². The lowest BCUT2D eigenvalue weighted by molar-refractivity contribution is -0.121. The average molecular weight is 412 g/mol. The van der Waals surface area contributed by atoms with E-state index in [9.17, 15) is 14.9 Å². The van der Waals surface area contributed by atoms with Crippen LogP contribution in [0.4, 0.5) is 5.69 Å². The zero-order valence-electron chi connectivity index (χ0n) is 15.2. The first-order valence-electron chi connectivity index (χ1n) is 8.66. The number of halogens is 1. The number of aryl methyl sites for hydroxylation is 1. The molecule has 0 radical (unpaired) electrons. The van der Waals surface area contributed by atoms with Crippen molar-refractivity contribution in [1.29, 1.82) is 5.26 Å². The van der Waals surface area contributed by atoms with E-state index in [0.29, 0.717) is 21.3 Å². The van der Waals surface area contributed by atoms with Gasteiger partial charge < -0.3 is 10.6 Å². The predicted octanol–water partition coefficient (Wildman–Crippen LogP) is 4.36. The number of allylic oxidation sites excluding steroid dienone is 1. The predicted molar refractivity (Wildman–Crippen MR) is 112 cm³/mol. The number of thioether (sulfide) groups is 1. The smallest absolute Gasteiger partial charge is 0.234 e. The van der Waals surface area contributed by atoms with Gasteiger partial charge in [-0.15, -0.1) is 0 Å². The van der Waals surface area contributed by atoms with Gasteiger partial charge in [-0.1, -0.05) is 59.8 Å². The highest BCUT2D eigenvalue weighted by molar-refractivity contribution is 8.03. The van der Waals surface area contributed by atoms with E-state index in [-0.39, 0.29) is 29.9 Å². The van der Waals surface area contributed by atoms with Gasteiger partial charge in [0.2, 0.25) is 11.8 Å². The van der Waals surface area contributed by atoms with Crippen molar-refractivity contribution >= 4 is 40.9 Å². The Labute approximate surface area is 172 Å². The minimum Gasteiger partial charge on any atom is -0.325 e. The van der Waals surface area contributed by atoms with E-state index < -0.39 is 0 Å². The largest absolute Gasteiger partial charge is 0.325 e.